The molecule has 1 aliphatic rings. The maximum absolute atomic E-state index is 12.3. The van der Waals surface area contributed by atoms with E-state index in [1.807, 2.05) is 6.92 Å². The summed E-state index contributed by atoms with van der Waals surface area (Å²) < 4.78 is 0.910. The molecule has 0 bridgehead atoms. The molecular weight excluding hydrogens is 342 g/mol. The minimum Gasteiger partial charge on any atom is -0.480 e. The molecule has 4 nitrogen and oxygen atoms in total. The van der Waals surface area contributed by atoms with Crippen molar-refractivity contribution in [3.8, 4) is 0 Å². The number of nitrogens with one attached hydrogen (secondary N) is 1. The lowest BCUT2D eigenvalue weighted by Gasteiger charge is -2.29. The topological polar surface area (TPSA) is 66.4 Å². The average molecular weight is 360 g/mol. The van der Waals surface area contributed by atoms with Crippen molar-refractivity contribution in [2.24, 2.45) is 0 Å². The largest absolute Gasteiger partial charge is 0.480 e. The number of carboxylic acids is 1. The van der Waals surface area contributed by atoms with Crippen molar-refractivity contribution in [3.63, 3.8) is 0 Å². The van der Waals surface area contributed by atoms with Crippen molar-refractivity contribution in [1.29, 1.82) is 0 Å². The Balaban J connectivity index is 2.19. The molecule has 20 heavy (non-hydrogen) atoms. The van der Waals surface area contributed by atoms with Crippen LogP contribution >= 0.6 is 27.3 Å². The molecule has 2 N–H and O–H groups in total. The van der Waals surface area contributed by atoms with Crippen molar-refractivity contribution >= 4 is 39.1 Å². The van der Waals surface area contributed by atoms with Crippen molar-refractivity contribution in [3.05, 3.63) is 20.3 Å². The van der Waals surface area contributed by atoms with E-state index in [0.29, 0.717) is 17.7 Å². The summed E-state index contributed by atoms with van der Waals surface area (Å²) in [7, 11) is 0. The van der Waals surface area contributed by atoms with Crippen LogP contribution in [0.25, 0.3) is 0 Å². The molecule has 1 heterocycles. The van der Waals surface area contributed by atoms with Gasteiger partial charge in [0, 0.05) is 0 Å². The summed E-state index contributed by atoms with van der Waals surface area (Å²) in [6.45, 7) is 1.91. The Kier molecular flexibility index (Phi) is 4.86. The highest BCUT2D eigenvalue weighted by molar-refractivity contribution is 9.11. The van der Waals surface area contributed by atoms with Crippen LogP contribution in [0, 0.1) is 6.92 Å². The SMILES string of the molecule is Cc1cc(C(=O)NC2(C(=O)O)CCCCCC2)sc1Br. The number of carboxylic acid groups (broad SMARTS) is 1. The molecule has 1 aromatic rings. The molecule has 1 amide bonds. The third-order valence-electron chi connectivity index (χ3n) is 3.80. The number of amides is 1. The van der Waals surface area contributed by atoms with Gasteiger partial charge in [0.1, 0.15) is 5.54 Å². The maximum Gasteiger partial charge on any atom is 0.329 e. The molecular formula is C14H18BrNO3S. The number of halogens is 1. The normalized spacial score (nSPS) is 18.3. The summed E-state index contributed by atoms with van der Waals surface area (Å²) >= 11 is 4.72. The number of carbonyl (C=O) groups excluding carboxylic acids is 1. The zero-order valence-electron chi connectivity index (χ0n) is 11.4. The first kappa shape index (κ1) is 15.5. The molecule has 2 rings (SSSR count). The highest BCUT2D eigenvalue weighted by atomic mass is 79.9. The van der Waals surface area contributed by atoms with Gasteiger partial charge in [0.15, 0.2) is 0 Å². The summed E-state index contributed by atoms with van der Waals surface area (Å²) in [5.74, 6) is -1.20. The molecule has 0 aromatic carbocycles. The molecule has 1 fully saturated rings. The van der Waals surface area contributed by atoms with Crippen molar-refractivity contribution in [2.75, 3.05) is 0 Å². The Morgan fingerprint density at radius 3 is 2.35 bits per heavy atom. The number of carbonyl (C=O) groups is 2. The lowest BCUT2D eigenvalue weighted by atomic mass is 9.90. The molecule has 0 unspecified atom stereocenters. The van der Waals surface area contributed by atoms with E-state index in [1.54, 1.807) is 6.07 Å². The molecule has 0 atom stereocenters. The quantitative estimate of drug-likeness (QED) is 0.808. The third kappa shape index (κ3) is 3.23. The molecule has 110 valence electrons. The second-order valence-electron chi connectivity index (χ2n) is 5.32. The smallest absolute Gasteiger partial charge is 0.329 e. The van der Waals surface area contributed by atoms with Crippen LogP contribution in [0.3, 0.4) is 0 Å². The number of rotatable bonds is 3. The maximum atomic E-state index is 12.3. The zero-order chi connectivity index (χ0) is 14.8. The van der Waals surface area contributed by atoms with Gasteiger partial charge in [0.25, 0.3) is 5.91 Å². The van der Waals surface area contributed by atoms with Crippen molar-refractivity contribution in [2.45, 2.75) is 51.0 Å². The Labute approximate surface area is 130 Å². The summed E-state index contributed by atoms with van der Waals surface area (Å²) in [5, 5.41) is 12.3. The first-order valence-corrected chi connectivity index (χ1v) is 8.37. The predicted octanol–water partition coefficient (Wildman–Crippen LogP) is 3.73. The highest BCUT2D eigenvalue weighted by Crippen LogP contribution is 2.30. The van der Waals surface area contributed by atoms with Crippen LogP contribution in [0.1, 0.15) is 53.8 Å². The number of aliphatic carboxylic acids is 1. The van der Waals surface area contributed by atoms with Crippen LogP contribution in [0.4, 0.5) is 0 Å². The second kappa shape index (κ2) is 6.26. The van der Waals surface area contributed by atoms with Gasteiger partial charge in [-0.3, -0.25) is 4.79 Å². The second-order valence-corrected chi connectivity index (χ2v) is 7.69. The minimum atomic E-state index is -1.10. The molecule has 0 radical (unpaired) electrons. The standard InChI is InChI=1S/C14H18BrNO3S/c1-9-8-10(20-11(9)15)12(17)16-14(13(18)19)6-4-2-3-5-7-14/h8H,2-7H2,1H3,(H,16,17)(H,18,19). The fourth-order valence-corrected chi connectivity index (χ4v) is 4.01. The van der Waals surface area contributed by atoms with Crippen LogP contribution in [0.2, 0.25) is 0 Å². The lowest BCUT2D eigenvalue weighted by molar-refractivity contribution is -0.145. The summed E-state index contributed by atoms with van der Waals surface area (Å²) in [4.78, 5) is 24.5. The fourth-order valence-electron chi connectivity index (χ4n) is 2.58. The Bertz CT molecular complexity index is 499. The van der Waals surface area contributed by atoms with Gasteiger partial charge in [-0.2, -0.15) is 0 Å². The lowest BCUT2D eigenvalue weighted by Crippen LogP contribution is -2.54. The third-order valence-corrected chi connectivity index (χ3v) is 5.94. The van der Waals surface area contributed by atoms with Gasteiger partial charge >= 0.3 is 5.97 Å². The van der Waals surface area contributed by atoms with Gasteiger partial charge in [0.05, 0.1) is 8.66 Å². The number of thiophene rings is 1. The van der Waals surface area contributed by atoms with E-state index >= 15 is 0 Å². The average Bonchev–Trinajstić information content (AvgIpc) is 2.62. The summed E-state index contributed by atoms with van der Waals surface area (Å²) in [5.41, 5.74) is -0.108. The van der Waals surface area contributed by atoms with Crippen LogP contribution in [-0.4, -0.2) is 22.5 Å². The number of aryl methyl sites for hydroxylation is 1. The number of hydrogen-bond acceptors (Lipinski definition) is 3. The van der Waals surface area contributed by atoms with E-state index in [4.69, 9.17) is 0 Å². The molecule has 1 saturated carbocycles. The van der Waals surface area contributed by atoms with Crippen LogP contribution < -0.4 is 5.32 Å². The van der Waals surface area contributed by atoms with Gasteiger partial charge in [-0.25, -0.2) is 4.79 Å². The van der Waals surface area contributed by atoms with Gasteiger partial charge in [-0.1, -0.05) is 25.7 Å². The van der Waals surface area contributed by atoms with Crippen LogP contribution in [0.15, 0.2) is 9.85 Å². The van der Waals surface area contributed by atoms with Gasteiger partial charge < -0.3 is 10.4 Å². The van der Waals surface area contributed by atoms with E-state index in [0.717, 1.165) is 35.0 Å². The van der Waals surface area contributed by atoms with E-state index in [-0.39, 0.29) is 5.91 Å². The number of hydrogen-bond donors (Lipinski definition) is 2. The Hall–Kier alpha value is -0.880. The van der Waals surface area contributed by atoms with Gasteiger partial charge in [-0.15, -0.1) is 11.3 Å². The Morgan fingerprint density at radius 2 is 1.90 bits per heavy atom. The van der Waals surface area contributed by atoms with Crippen molar-refractivity contribution in [1.82, 2.24) is 5.32 Å². The van der Waals surface area contributed by atoms with Crippen LogP contribution in [-0.2, 0) is 4.79 Å². The van der Waals surface area contributed by atoms with Gasteiger partial charge in [0.2, 0.25) is 0 Å². The van der Waals surface area contributed by atoms with E-state index in [1.165, 1.54) is 11.3 Å². The van der Waals surface area contributed by atoms with E-state index in [2.05, 4.69) is 21.2 Å². The minimum absolute atomic E-state index is 0.284. The highest BCUT2D eigenvalue weighted by Gasteiger charge is 2.40. The first-order valence-electron chi connectivity index (χ1n) is 6.76. The molecule has 0 spiro atoms. The summed E-state index contributed by atoms with van der Waals surface area (Å²) in [6.07, 6.45) is 4.79. The molecule has 6 heteroatoms. The summed E-state index contributed by atoms with van der Waals surface area (Å²) in [6, 6.07) is 1.79. The monoisotopic (exact) mass is 359 g/mol. The zero-order valence-corrected chi connectivity index (χ0v) is 13.8. The Morgan fingerprint density at radius 1 is 1.30 bits per heavy atom. The first-order chi connectivity index (χ1) is 9.44. The fraction of sp³-hybridized carbons (Fsp3) is 0.571. The molecule has 0 aliphatic heterocycles. The van der Waals surface area contributed by atoms with E-state index in [9.17, 15) is 14.7 Å². The van der Waals surface area contributed by atoms with Gasteiger partial charge in [-0.05, 0) is 47.3 Å². The molecule has 1 aromatic heterocycles. The van der Waals surface area contributed by atoms with Crippen LogP contribution in [0.5, 0.6) is 0 Å². The van der Waals surface area contributed by atoms with E-state index < -0.39 is 11.5 Å². The van der Waals surface area contributed by atoms with Crippen molar-refractivity contribution < 1.29 is 14.7 Å². The molecule has 1 aliphatic carbocycles. The molecule has 0 saturated heterocycles. The predicted molar refractivity (Wildman–Crippen MR) is 82.3 cm³/mol.